The Hall–Kier alpha value is -3.67. The molecule has 1 atom stereocenters. The standard InChI is InChI=1S/C25H26N2O4/c1-16(2)23(27-24(29)19-12-6-4-9-17(19)3)25(30)31-15-22(28)26-21-14-8-11-18-10-5-7-13-20(18)21/h4-14,16,23H,15H2,1-3H3,(H,26,28)(H,27,29)/t23-/m0/s1. The van der Waals surface area contributed by atoms with Crippen LogP contribution >= 0.6 is 0 Å². The van der Waals surface area contributed by atoms with Crippen LogP contribution in [0.5, 0.6) is 0 Å². The van der Waals surface area contributed by atoms with Gasteiger partial charge in [-0.15, -0.1) is 0 Å². The summed E-state index contributed by atoms with van der Waals surface area (Å²) in [6.07, 6.45) is 0. The Morgan fingerprint density at radius 1 is 0.903 bits per heavy atom. The number of carbonyl (C=O) groups excluding carboxylic acids is 3. The van der Waals surface area contributed by atoms with Gasteiger partial charge in [-0.1, -0.05) is 68.4 Å². The van der Waals surface area contributed by atoms with E-state index in [2.05, 4.69) is 10.6 Å². The minimum atomic E-state index is -0.863. The van der Waals surface area contributed by atoms with Crippen LogP contribution in [0, 0.1) is 12.8 Å². The van der Waals surface area contributed by atoms with Crippen molar-refractivity contribution < 1.29 is 19.1 Å². The normalized spacial score (nSPS) is 11.7. The van der Waals surface area contributed by atoms with Crippen molar-refractivity contribution in [2.45, 2.75) is 26.8 Å². The number of hydrogen-bond acceptors (Lipinski definition) is 4. The summed E-state index contributed by atoms with van der Waals surface area (Å²) in [5, 5.41) is 7.40. The van der Waals surface area contributed by atoms with Gasteiger partial charge in [-0.3, -0.25) is 9.59 Å². The van der Waals surface area contributed by atoms with E-state index < -0.39 is 24.5 Å². The maximum Gasteiger partial charge on any atom is 0.329 e. The van der Waals surface area contributed by atoms with Crippen LogP contribution in [0.25, 0.3) is 10.8 Å². The second kappa shape index (κ2) is 9.89. The number of fused-ring (bicyclic) bond motifs is 1. The predicted octanol–water partition coefficient (Wildman–Crippen LogP) is 4.08. The fraction of sp³-hybridized carbons (Fsp3) is 0.240. The Kier molecular flexibility index (Phi) is 7.03. The van der Waals surface area contributed by atoms with Crippen LogP contribution in [0.15, 0.2) is 66.7 Å². The molecule has 0 saturated carbocycles. The number of benzene rings is 3. The molecule has 160 valence electrons. The van der Waals surface area contributed by atoms with Crippen molar-refractivity contribution in [3.05, 3.63) is 77.9 Å². The highest BCUT2D eigenvalue weighted by Crippen LogP contribution is 2.22. The summed E-state index contributed by atoms with van der Waals surface area (Å²) in [4.78, 5) is 37.5. The summed E-state index contributed by atoms with van der Waals surface area (Å²) < 4.78 is 5.21. The lowest BCUT2D eigenvalue weighted by atomic mass is 10.0. The predicted molar refractivity (Wildman–Crippen MR) is 121 cm³/mol. The van der Waals surface area contributed by atoms with E-state index in [1.807, 2.05) is 55.5 Å². The van der Waals surface area contributed by atoms with Gasteiger partial charge >= 0.3 is 5.97 Å². The van der Waals surface area contributed by atoms with Crippen molar-refractivity contribution in [2.24, 2.45) is 5.92 Å². The van der Waals surface area contributed by atoms with Crippen molar-refractivity contribution in [1.29, 1.82) is 0 Å². The van der Waals surface area contributed by atoms with Gasteiger partial charge in [0.1, 0.15) is 6.04 Å². The molecule has 0 aliphatic carbocycles. The Morgan fingerprint density at radius 2 is 1.58 bits per heavy atom. The Morgan fingerprint density at radius 3 is 2.32 bits per heavy atom. The van der Waals surface area contributed by atoms with Crippen LogP contribution < -0.4 is 10.6 Å². The van der Waals surface area contributed by atoms with E-state index in [1.165, 1.54) is 0 Å². The third kappa shape index (κ3) is 5.48. The first-order chi connectivity index (χ1) is 14.9. The van der Waals surface area contributed by atoms with Crippen molar-refractivity contribution in [3.8, 4) is 0 Å². The van der Waals surface area contributed by atoms with Crippen molar-refractivity contribution in [3.63, 3.8) is 0 Å². The molecule has 0 spiro atoms. The highest BCUT2D eigenvalue weighted by atomic mass is 16.5. The van der Waals surface area contributed by atoms with Gasteiger partial charge in [0, 0.05) is 16.6 Å². The Bertz CT molecular complexity index is 1100. The van der Waals surface area contributed by atoms with Crippen LogP contribution in [-0.2, 0) is 14.3 Å². The molecule has 0 aliphatic heterocycles. The molecule has 0 saturated heterocycles. The van der Waals surface area contributed by atoms with Crippen LogP contribution in [0.1, 0.15) is 29.8 Å². The van der Waals surface area contributed by atoms with Crippen LogP contribution in [0.3, 0.4) is 0 Å². The molecule has 6 heteroatoms. The van der Waals surface area contributed by atoms with Gasteiger partial charge in [0.15, 0.2) is 6.61 Å². The summed E-state index contributed by atoms with van der Waals surface area (Å²) in [5.74, 6) is -1.65. The first-order valence-electron chi connectivity index (χ1n) is 10.2. The van der Waals surface area contributed by atoms with Gasteiger partial charge in [-0.2, -0.15) is 0 Å². The van der Waals surface area contributed by atoms with Gasteiger partial charge in [0.05, 0.1) is 0 Å². The maximum atomic E-state index is 12.6. The molecule has 0 heterocycles. The molecule has 0 unspecified atom stereocenters. The number of esters is 1. The topological polar surface area (TPSA) is 84.5 Å². The van der Waals surface area contributed by atoms with Gasteiger partial charge in [-0.05, 0) is 35.9 Å². The molecule has 0 aromatic heterocycles. The smallest absolute Gasteiger partial charge is 0.329 e. The quantitative estimate of drug-likeness (QED) is 0.566. The molecule has 0 bridgehead atoms. The van der Waals surface area contributed by atoms with Crippen molar-refractivity contribution in [2.75, 3.05) is 11.9 Å². The fourth-order valence-corrected chi connectivity index (χ4v) is 3.29. The average Bonchev–Trinajstić information content (AvgIpc) is 2.76. The third-order valence-electron chi connectivity index (χ3n) is 5.01. The van der Waals surface area contributed by atoms with Crippen molar-refractivity contribution >= 4 is 34.2 Å². The third-order valence-corrected chi connectivity index (χ3v) is 5.01. The second-order valence-corrected chi connectivity index (χ2v) is 7.69. The van der Waals surface area contributed by atoms with Gasteiger partial charge in [-0.25, -0.2) is 4.79 Å². The fourth-order valence-electron chi connectivity index (χ4n) is 3.29. The van der Waals surface area contributed by atoms with Crippen LogP contribution in [-0.4, -0.2) is 30.4 Å². The number of aryl methyl sites for hydroxylation is 1. The summed E-state index contributed by atoms with van der Waals surface area (Å²) >= 11 is 0. The first kappa shape index (κ1) is 22.0. The molecule has 3 aromatic carbocycles. The molecular formula is C25H26N2O4. The monoisotopic (exact) mass is 418 g/mol. The number of anilines is 1. The largest absolute Gasteiger partial charge is 0.454 e. The van der Waals surface area contributed by atoms with E-state index in [4.69, 9.17) is 4.74 Å². The number of hydrogen-bond donors (Lipinski definition) is 2. The van der Waals surface area contributed by atoms with Gasteiger partial charge in [0.2, 0.25) is 0 Å². The van der Waals surface area contributed by atoms with Crippen LogP contribution in [0.2, 0.25) is 0 Å². The molecule has 3 rings (SSSR count). The summed E-state index contributed by atoms with van der Waals surface area (Å²) in [6.45, 7) is 5.00. The number of carbonyl (C=O) groups is 3. The Labute approximate surface area is 181 Å². The minimum Gasteiger partial charge on any atom is -0.454 e. The Balaban J connectivity index is 1.61. The molecular weight excluding hydrogens is 392 g/mol. The number of nitrogens with one attached hydrogen (secondary N) is 2. The molecule has 2 N–H and O–H groups in total. The second-order valence-electron chi connectivity index (χ2n) is 7.69. The lowest BCUT2D eigenvalue weighted by Gasteiger charge is -2.21. The van der Waals surface area contributed by atoms with Gasteiger partial charge < -0.3 is 15.4 Å². The van der Waals surface area contributed by atoms with Gasteiger partial charge in [0.25, 0.3) is 11.8 Å². The number of rotatable bonds is 7. The van der Waals surface area contributed by atoms with E-state index in [0.717, 1.165) is 16.3 Å². The van der Waals surface area contributed by atoms with E-state index in [-0.39, 0.29) is 11.8 Å². The lowest BCUT2D eigenvalue weighted by molar-refractivity contribution is -0.150. The minimum absolute atomic E-state index is 0.207. The highest BCUT2D eigenvalue weighted by molar-refractivity contribution is 6.03. The zero-order valence-electron chi connectivity index (χ0n) is 17.8. The highest BCUT2D eigenvalue weighted by Gasteiger charge is 2.27. The van der Waals surface area contributed by atoms with Crippen molar-refractivity contribution in [1.82, 2.24) is 5.32 Å². The van der Waals surface area contributed by atoms with E-state index in [9.17, 15) is 14.4 Å². The van der Waals surface area contributed by atoms with E-state index in [1.54, 1.807) is 32.0 Å². The zero-order chi connectivity index (χ0) is 22.4. The zero-order valence-corrected chi connectivity index (χ0v) is 17.8. The van der Waals surface area contributed by atoms with E-state index >= 15 is 0 Å². The molecule has 2 amide bonds. The molecule has 31 heavy (non-hydrogen) atoms. The summed E-state index contributed by atoms with van der Waals surface area (Å²) in [7, 11) is 0. The van der Waals surface area contributed by atoms with Crippen LogP contribution in [0.4, 0.5) is 5.69 Å². The molecule has 0 radical (unpaired) electrons. The van der Waals surface area contributed by atoms with E-state index in [0.29, 0.717) is 11.3 Å². The molecule has 3 aromatic rings. The SMILES string of the molecule is Cc1ccccc1C(=O)N[C@H](C(=O)OCC(=O)Nc1cccc2ccccc12)C(C)C. The summed E-state index contributed by atoms with van der Waals surface area (Å²) in [6, 6.07) is 19.5. The lowest BCUT2D eigenvalue weighted by Crippen LogP contribution is -2.46. The maximum absolute atomic E-state index is 12.6. The summed E-state index contributed by atoms with van der Waals surface area (Å²) in [5.41, 5.74) is 1.95. The molecule has 0 aliphatic rings. The molecule has 0 fully saturated rings. The average molecular weight is 418 g/mol. The first-order valence-corrected chi connectivity index (χ1v) is 10.2. The molecule has 6 nitrogen and oxygen atoms in total. The number of ether oxygens (including phenoxy) is 1. The number of amides is 2.